The highest BCUT2D eigenvalue weighted by Crippen LogP contribution is 2.05. The van der Waals surface area contributed by atoms with Crippen molar-refractivity contribution in [3.05, 3.63) is 18.2 Å². The van der Waals surface area contributed by atoms with Crippen LogP contribution in [0.1, 0.15) is 38.3 Å². The van der Waals surface area contributed by atoms with Gasteiger partial charge in [-0.05, 0) is 26.2 Å². The average Bonchev–Trinajstić information content (AvgIpc) is 3.30. The summed E-state index contributed by atoms with van der Waals surface area (Å²) in [5, 5.41) is 25.2. The molecule has 16 heteroatoms. The van der Waals surface area contributed by atoms with Gasteiger partial charge in [-0.15, -0.1) is 0 Å². The molecule has 12 N–H and O–H groups in total. The van der Waals surface area contributed by atoms with Gasteiger partial charge in [0.2, 0.25) is 17.7 Å². The molecule has 0 aliphatic carbocycles. The molecule has 1 aromatic rings. The Bertz CT molecular complexity index is 932. The van der Waals surface area contributed by atoms with Crippen molar-refractivity contribution < 1.29 is 34.2 Å². The zero-order valence-electron chi connectivity index (χ0n) is 19.8. The first-order chi connectivity index (χ1) is 16.9. The maximum atomic E-state index is 13.0. The summed E-state index contributed by atoms with van der Waals surface area (Å²) in [5.41, 5.74) is 17.0. The molecule has 0 aromatic carbocycles. The van der Waals surface area contributed by atoms with Gasteiger partial charge in [0.25, 0.3) is 0 Å². The summed E-state index contributed by atoms with van der Waals surface area (Å²) >= 11 is 0. The number of rotatable bonds is 16. The van der Waals surface area contributed by atoms with E-state index in [9.17, 15) is 24.0 Å². The summed E-state index contributed by atoms with van der Waals surface area (Å²) < 4.78 is 0. The number of carboxylic acids is 2. The van der Waals surface area contributed by atoms with E-state index in [-0.39, 0.29) is 38.2 Å². The zero-order chi connectivity index (χ0) is 27.3. The monoisotopic (exact) mass is 511 g/mol. The van der Waals surface area contributed by atoms with Crippen molar-refractivity contribution >= 4 is 35.6 Å². The van der Waals surface area contributed by atoms with Crippen LogP contribution in [0, 0.1) is 0 Å². The molecule has 0 spiro atoms. The first-order valence-corrected chi connectivity index (χ1v) is 11.0. The van der Waals surface area contributed by atoms with E-state index in [2.05, 4.69) is 30.9 Å². The summed E-state index contributed by atoms with van der Waals surface area (Å²) in [4.78, 5) is 70.7. The highest BCUT2D eigenvalue weighted by Gasteiger charge is 2.29. The Kier molecular flexibility index (Phi) is 12.4. The molecule has 0 bridgehead atoms. The van der Waals surface area contributed by atoms with Crippen molar-refractivity contribution in [2.24, 2.45) is 22.2 Å². The van der Waals surface area contributed by atoms with Gasteiger partial charge in [0.15, 0.2) is 5.96 Å². The molecule has 1 rings (SSSR count). The SMILES string of the molecule is CC(NC(=O)C(CCCN=C(N)N)NC(=O)C(CCC(=O)O)NC(=O)C(N)Cc1cnc[nH]1)C(=O)O. The van der Waals surface area contributed by atoms with Crippen LogP contribution < -0.4 is 33.2 Å². The van der Waals surface area contributed by atoms with Gasteiger partial charge in [0.1, 0.15) is 18.1 Å². The van der Waals surface area contributed by atoms with E-state index in [0.29, 0.717) is 5.69 Å². The smallest absolute Gasteiger partial charge is 0.325 e. The molecule has 1 aromatic heterocycles. The predicted octanol–water partition coefficient (Wildman–Crippen LogP) is -3.24. The fraction of sp³-hybridized carbons (Fsp3) is 0.550. The summed E-state index contributed by atoms with van der Waals surface area (Å²) in [5.74, 6) is -5.01. The van der Waals surface area contributed by atoms with Crippen LogP contribution >= 0.6 is 0 Å². The van der Waals surface area contributed by atoms with E-state index in [1.165, 1.54) is 19.4 Å². The Labute approximate surface area is 206 Å². The Morgan fingerprint density at radius 3 is 2.19 bits per heavy atom. The van der Waals surface area contributed by atoms with E-state index >= 15 is 0 Å². The third-order valence-corrected chi connectivity index (χ3v) is 4.92. The number of amides is 3. The molecule has 200 valence electrons. The Morgan fingerprint density at radius 2 is 1.64 bits per heavy atom. The lowest BCUT2D eigenvalue weighted by Gasteiger charge is -2.24. The van der Waals surface area contributed by atoms with Crippen molar-refractivity contribution in [3.63, 3.8) is 0 Å². The van der Waals surface area contributed by atoms with Crippen molar-refractivity contribution in [3.8, 4) is 0 Å². The predicted molar refractivity (Wildman–Crippen MR) is 126 cm³/mol. The fourth-order valence-corrected chi connectivity index (χ4v) is 2.96. The van der Waals surface area contributed by atoms with E-state index in [0.717, 1.165) is 0 Å². The number of carbonyl (C=O) groups is 5. The Balaban J connectivity index is 2.95. The molecule has 16 nitrogen and oxygen atoms in total. The number of aliphatic imine (C=N–C) groups is 1. The molecular weight excluding hydrogens is 478 g/mol. The topological polar surface area (TPSA) is 281 Å². The quantitative estimate of drug-likeness (QED) is 0.0603. The molecule has 0 saturated carbocycles. The van der Waals surface area contributed by atoms with Crippen molar-refractivity contribution in [2.75, 3.05) is 6.54 Å². The summed E-state index contributed by atoms with van der Waals surface area (Å²) in [6.07, 6.45) is 2.52. The van der Waals surface area contributed by atoms with E-state index < -0.39 is 60.2 Å². The number of carboxylic acid groups (broad SMARTS) is 2. The van der Waals surface area contributed by atoms with E-state index in [1.807, 2.05) is 0 Å². The third kappa shape index (κ3) is 11.3. The molecule has 0 saturated heterocycles. The largest absolute Gasteiger partial charge is 0.481 e. The second-order valence-electron chi connectivity index (χ2n) is 7.96. The summed E-state index contributed by atoms with van der Waals surface area (Å²) in [7, 11) is 0. The summed E-state index contributed by atoms with van der Waals surface area (Å²) in [6.45, 7) is 1.38. The van der Waals surface area contributed by atoms with Gasteiger partial charge in [-0.3, -0.25) is 29.0 Å². The van der Waals surface area contributed by atoms with Crippen LogP contribution in [0.15, 0.2) is 17.5 Å². The number of H-pyrrole nitrogens is 1. The molecule has 4 unspecified atom stereocenters. The van der Waals surface area contributed by atoms with Gasteiger partial charge in [-0.1, -0.05) is 0 Å². The molecule has 36 heavy (non-hydrogen) atoms. The van der Waals surface area contributed by atoms with Crippen LogP contribution in [-0.2, 0) is 30.4 Å². The Morgan fingerprint density at radius 1 is 1.03 bits per heavy atom. The van der Waals surface area contributed by atoms with Crippen molar-refractivity contribution in [1.29, 1.82) is 0 Å². The van der Waals surface area contributed by atoms with Crippen LogP contribution in [-0.4, -0.2) is 86.5 Å². The number of aliphatic carboxylic acids is 2. The molecule has 0 aliphatic heterocycles. The fourth-order valence-electron chi connectivity index (χ4n) is 2.96. The average molecular weight is 512 g/mol. The highest BCUT2D eigenvalue weighted by atomic mass is 16.4. The third-order valence-electron chi connectivity index (χ3n) is 4.92. The maximum Gasteiger partial charge on any atom is 0.325 e. The first-order valence-electron chi connectivity index (χ1n) is 11.0. The molecule has 0 aliphatic rings. The standard InChI is InChI=1S/C20H33N9O7/c1-10(19(35)36)27-17(33)13(3-2-6-25-20(22)23)29-18(34)14(4-5-15(30)31)28-16(32)12(21)7-11-8-24-9-26-11/h8-10,12-14H,2-7,21H2,1H3,(H,24,26)(H,27,33)(H,28,32)(H,29,34)(H,30,31)(H,35,36)(H4,22,23,25). The van der Waals surface area contributed by atoms with Crippen LogP contribution in [0.3, 0.4) is 0 Å². The number of guanidine groups is 1. The molecule has 0 radical (unpaired) electrons. The van der Waals surface area contributed by atoms with E-state index in [4.69, 9.17) is 27.4 Å². The van der Waals surface area contributed by atoms with Crippen LogP contribution in [0.4, 0.5) is 0 Å². The number of aromatic nitrogens is 2. The number of aromatic amines is 1. The van der Waals surface area contributed by atoms with Crippen molar-refractivity contribution in [1.82, 2.24) is 25.9 Å². The number of hydrogen-bond donors (Lipinski definition) is 9. The van der Waals surface area contributed by atoms with Crippen molar-refractivity contribution in [2.45, 2.75) is 63.2 Å². The number of hydrogen-bond acceptors (Lipinski definition) is 8. The number of carbonyl (C=O) groups excluding carboxylic acids is 3. The molecule has 4 atom stereocenters. The van der Waals surface area contributed by atoms with Crippen LogP contribution in [0.2, 0.25) is 0 Å². The second-order valence-corrected chi connectivity index (χ2v) is 7.96. The Hall–Kier alpha value is -4.21. The lowest BCUT2D eigenvalue weighted by atomic mass is 10.1. The van der Waals surface area contributed by atoms with E-state index in [1.54, 1.807) is 0 Å². The van der Waals surface area contributed by atoms with Gasteiger partial charge in [0.05, 0.1) is 12.4 Å². The molecule has 0 fully saturated rings. The minimum absolute atomic E-state index is 0.0274. The summed E-state index contributed by atoms with van der Waals surface area (Å²) in [6, 6.07) is -4.85. The van der Waals surface area contributed by atoms with Gasteiger partial charge in [-0.2, -0.15) is 0 Å². The molecular formula is C20H33N9O7. The normalized spacial score (nSPS) is 13.9. The van der Waals surface area contributed by atoms with Gasteiger partial charge >= 0.3 is 11.9 Å². The number of nitrogens with two attached hydrogens (primary N) is 3. The molecule has 3 amide bonds. The number of nitrogens with zero attached hydrogens (tertiary/aromatic N) is 2. The number of imidazole rings is 1. The number of nitrogens with one attached hydrogen (secondary N) is 4. The lowest BCUT2D eigenvalue weighted by molar-refractivity contribution is -0.141. The minimum atomic E-state index is -1.33. The maximum absolute atomic E-state index is 13.0. The molecule has 1 heterocycles. The lowest BCUT2D eigenvalue weighted by Crippen LogP contribution is -2.57. The minimum Gasteiger partial charge on any atom is -0.481 e. The second kappa shape index (κ2) is 14.9. The first kappa shape index (κ1) is 29.8. The van der Waals surface area contributed by atoms with Gasteiger partial charge in [-0.25, -0.2) is 4.98 Å². The van der Waals surface area contributed by atoms with Crippen LogP contribution in [0.25, 0.3) is 0 Å². The highest BCUT2D eigenvalue weighted by molar-refractivity contribution is 5.94. The zero-order valence-corrected chi connectivity index (χ0v) is 19.8. The van der Waals surface area contributed by atoms with Gasteiger partial charge < -0.3 is 48.3 Å². The van der Waals surface area contributed by atoms with Gasteiger partial charge in [0, 0.05) is 31.3 Å². The van der Waals surface area contributed by atoms with Crippen LogP contribution in [0.5, 0.6) is 0 Å².